The van der Waals surface area contributed by atoms with E-state index in [1.54, 1.807) is 12.3 Å². The van der Waals surface area contributed by atoms with Crippen LogP contribution in [0.25, 0.3) is 22.2 Å². The van der Waals surface area contributed by atoms with Gasteiger partial charge in [0.15, 0.2) is 6.04 Å². The molecule has 168 valence electrons. The maximum atomic E-state index is 12.4. The topological polar surface area (TPSA) is 95.0 Å². The van der Waals surface area contributed by atoms with Gasteiger partial charge in [-0.2, -0.15) is 0 Å². The number of fused-ring (bicyclic) bond motifs is 1. The molecule has 0 spiro atoms. The first-order valence-electron chi connectivity index (χ1n) is 10.7. The second-order valence-corrected chi connectivity index (χ2v) is 7.81. The average molecular weight is 446 g/mol. The fourth-order valence-electron chi connectivity index (χ4n) is 3.90. The SMILES string of the molecule is CCCN1C(=O)OC(=O)C1c1occ2ccc(OCc3nc(-c4ccccc4)oc3C)cc12. The van der Waals surface area contributed by atoms with Gasteiger partial charge in [0.05, 0.1) is 6.26 Å². The number of hydrogen-bond acceptors (Lipinski definition) is 7. The molecule has 3 heterocycles. The Kier molecular flexibility index (Phi) is 5.34. The molecule has 1 fully saturated rings. The Labute approximate surface area is 189 Å². The number of hydrogen-bond donors (Lipinski definition) is 0. The van der Waals surface area contributed by atoms with Crippen molar-refractivity contribution < 1.29 is 27.9 Å². The van der Waals surface area contributed by atoms with Crippen molar-refractivity contribution in [2.75, 3.05) is 6.54 Å². The number of ether oxygens (including phenoxy) is 2. The monoisotopic (exact) mass is 446 g/mol. The summed E-state index contributed by atoms with van der Waals surface area (Å²) >= 11 is 0. The van der Waals surface area contributed by atoms with E-state index in [0.717, 1.165) is 10.9 Å². The van der Waals surface area contributed by atoms with E-state index in [1.807, 2.05) is 56.3 Å². The lowest BCUT2D eigenvalue weighted by Gasteiger charge is -2.17. The smallest absolute Gasteiger partial charge is 0.418 e. The molecule has 0 N–H and O–H groups in total. The van der Waals surface area contributed by atoms with Gasteiger partial charge in [0.1, 0.15) is 29.6 Å². The fraction of sp³-hybridized carbons (Fsp3) is 0.240. The van der Waals surface area contributed by atoms with Crippen LogP contribution in [0.2, 0.25) is 0 Å². The van der Waals surface area contributed by atoms with Crippen molar-refractivity contribution in [3.05, 3.63) is 72.0 Å². The standard InChI is InChI=1S/C25H22N2O6/c1-3-11-27-21(24(28)33-25(27)29)22-19-12-18(10-9-17(19)13-31-22)30-14-20-15(2)32-23(26-20)16-7-5-4-6-8-16/h4-10,12-13,21H,3,11,14H2,1-2H3. The zero-order valence-electron chi connectivity index (χ0n) is 18.2. The second-order valence-electron chi connectivity index (χ2n) is 7.81. The van der Waals surface area contributed by atoms with Crippen LogP contribution < -0.4 is 4.74 Å². The lowest BCUT2D eigenvalue weighted by molar-refractivity contribution is -0.136. The van der Waals surface area contributed by atoms with Crippen LogP contribution in [0.15, 0.2) is 63.6 Å². The number of amides is 1. The minimum absolute atomic E-state index is 0.215. The van der Waals surface area contributed by atoms with Crippen molar-refractivity contribution >= 4 is 22.8 Å². The predicted molar refractivity (Wildman–Crippen MR) is 118 cm³/mol. The van der Waals surface area contributed by atoms with Crippen LogP contribution in [0.5, 0.6) is 5.75 Å². The Bertz CT molecular complexity index is 1320. The number of rotatable bonds is 7. The highest BCUT2D eigenvalue weighted by Crippen LogP contribution is 2.36. The van der Waals surface area contributed by atoms with Crippen LogP contribution in [0.1, 0.15) is 36.6 Å². The molecule has 1 saturated heterocycles. The molecule has 5 rings (SSSR count). The first-order chi connectivity index (χ1) is 16.0. The van der Waals surface area contributed by atoms with Crippen LogP contribution in [0, 0.1) is 6.92 Å². The van der Waals surface area contributed by atoms with Gasteiger partial charge in [-0.3, -0.25) is 4.90 Å². The quantitative estimate of drug-likeness (QED) is 0.277. The number of oxazole rings is 1. The zero-order valence-corrected chi connectivity index (χ0v) is 18.2. The van der Waals surface area contributed by atoms with Crippen LogP contribution in [0.4, 0.5) is 4.79 Å². The highest BCUT2D eigenvalue weighted by molar-refractivity contribution is 5.99. The summed E-state index contributed by atoms with van der Waals surface area (Å²) in [7, 11) is 0. The summed E-state index contributed by atoms with van der Waals surface area (Å²) in [5.41, 5.74) is 1.59. The van der Waals surface area contributed by atoms with Gasteiger partial charge in [-0.15, -0.1) is 0 Å². The number of furan rings is 1. The van der Waals surface area contributed by atoms with E-state index in [2.05, 4.69) is 4.98 Å². The van der Waals surface area contributed by atoms with E-state index in [0.29, 0.717) is 47.2 Å². The van der Waals surface area contributed by atoms with Crippen molar-refractivity contribution in [2.45, 2.75) is 32.9 Å². The summed E-state index contributed by atoms with van der Waals surface area (Å²) in [6.45, 7) is 4.38. The number of carbonyl (C=O) groups excluding carboxylic acids is 2. The Morgan fingerprint density at radius 3 is 2.73 bits per heavy atom. The number of aromatic nitrogens is 1. The summed E-state index contributed by atoms with van der Waals surface area (Å²) < 4.78 is 22.3. The highest BCUT2D eigenvalue weighted by Gasteiger charge is 2.44. The van der Waals surface area contributed by atoms with E-state index < -0.39 is 18.1 Å². The van der Waals surface area contributed by atoms with E-state index in [4.69, 9.17) is 18.3 Å². The molecule has 0 bridgehead atoms. The third-order valence-corrected chi connectivity index (χ3v) is 5.56. The first kappa shape index (κ1) is 20.8. The summed E-state index contributed by atoms with van der Waals surface area (Å²) in [5.74, 6) is 1.53. The molecule has 1 atom stereocenters. The molecule has 1 unspecified atom stereocenters. The van der Waals surface area contributed by atoms with Crippen molar-refractivity contribution in [1.82, 2.24) is 9.88 Å². The van der Waals surface area contributed by atoms with Gasteiger partial charge in [0, 0.05) is 22.9 Å². The molecule has 8 heteroatoms. The van der Waals surface area contributed by atoms with E-state index >= 15 is 0 Å². The van der Waals surface area contributed by atoms with Gasteiger partial charge in [-0.25, -0.2) is 14.6 Å². The van der Waals surface area contributed by atoms with Crippen LogP contribution >= 0.6 is 0 Å². The summed E-state index contributed by atoms with van der Waals surface area (Å²) in [4.78, 5) is 30.4. The van der Waals surface area contributed by atoms with Crippen molar-refractivity contribution in [2.24, 2.45) is 0 Å². The Balaban J connectivity index is 1.39. The van der Waals surface area contributed by atoms with Gasteiger partial charge in [0.2, 0.25) is 5.89 Å². The van der Waals surface area contributed by atoms with Gasteiger partial charge < -0.3 is 18.3 Å². The molecule has 4 aromatic rings. The van der Waals surface area contributed by atoms with Gasteiger partial charge in [-0.05, 0) is 43.7 Å². The molecular weight excluding hydrogens is 424 g/mol. The molecule has 33 heavy (non-hydrogen) atoms. The van der Waals surface area contributed by atoms with E-state index in [9.17, 15) is 9.59 Å². The fourth-order valence-corrected chi connectivity index (χ4v) is 3.90. The molecule has 8 nitrogen and oxygen atoms in total. The molecule has 1 amide bonds. The molecule has 2 aromatic heterocycles. The molecule has 2 aromatic carbocycles. The lowest BCUT2D eigenvalue weighted by Crippen LogP contribution is -2.29. The van der Waals surface area contributed by atoms with Crippen molar-refractivity contribution in [3.63, 3.8) is 0 Å². The van der Waals surface area contributed by atoms with Gasteiger partial charge in [-0.1, -0.05) is 25.1 Å². The normalized spacial score (nSPS) is 15.9. The Morgan fingerprint density at radius 1 is 1.12 bits per heavy atom. The van der Waals surface area contributed by atoms with Crippen LogP contribution in [-0.2, 0) is 16.1 Å². The number of nitrogens with zero attached hydrogens (tertiary/aromatic N) is 2. The number of cyclic esters (lactones) is 2. The van der Waals surface area contributed by atoms with Crippen LogP contribution in [0.3, 0.4) is 0 Å². The largest absolute Gasteiger partial charge is 0.487 e. The third-order valence-electron chi connectivity index (χ3n) is 5.56. The number of benzene rings is 2. The van der Waals surface area contributed by atoms with Gasteiger partial charge in [0.25, 0.3) is 0 Å². The van der Waals surface area contributed by atoms with E-state index in [-0.39, 0.29) is 6.61 Å². The molecule has 1 aliphatic rings. The molecule has 1 aliphatic heterocycles. The summed E-state index contributed by atoms with van der Waals surface area (Å²) in [6.07, 6.45) is 1.59. The Morgan fingerprint density at radius 2 is 1.94 bits per heavy atom. The van der Waals surface area contributed by atoms with E-state index in [1.165, 1.54) is 4.90 Å². The molecule has 0 aliphatic carbocycles. The molecular formula is C25H22N2O6. The number of aryl methyl sites for hydroxylation is 1. The first-order valence-corrected chi connectivity index (χ1v) is 10.7. The van der Waals surface area contributed by atoms with Gasteiger partial charge >= 0.3 is 12.1 Å². The minimum atomic E-state index is -0.906. The predicted octanol–water partition coefficient (Wildman–Crippen LogP) is 5.41. The third kappa shape index (κ3) is 3.84. The van der Waals surface area contributed by atoms with Crippen molar-refractivity contribution in [1.29, 1.82) is 0 Å². The highest BCUT2D eigenvalue weighted by atomic mass is 16.6. The summed E-state index contributed by atoms with van der Waals surface area (Å²) in [5, 5.41) is 1.48. The van der Waals surface area contributed by atoms with Crippen LogP contribution in [-0.4, -0.2) is 28.5 Å². The number of carbonyl (C=O) groups is 2. The average Bonchev–Trinajstić information content (AvgIpc) is 3.48. The maximum Gasteiger partial charge on any atom is 0.418 e. The second kappa shape index (κ2) is 8.46. The number of esters is 1. The Hall–Kier alpha value is -4.07. The van der Waals surface area contributed by atoms with Crippen molar-refractivity contribution in [3.8, 4) is 17.2 Å². The zero-order chi connectivity index (χ0) is 22.9. The summed E-state index contributed by atoms with van der Waals surface area (Å²) in [6, 6.07) is 14.2. The minimum Gasteiger partial charge on any atom is -0.487 e. The maximum absolute atomic E-state index is 12.4. The molecule has 0 saturated carbocycles. The molecule has 0 radical (unpaired) electrons. The lowest BCUT2D eigenvalue weighted by atomic mass is 10.1.